The summed E-state index contributed by atoms with van der Waals surface area (Å²) in [5.74, 6) is 0.117. The number of fused-ring (bicyclic) bond motifs is 3. The lowest BCUT2D eigenvalue weighted by Gasteiger charge is -2.60. The minimum Gasteiger partial charge on any atom is -1.00 e. The maximum absolute atomic E-state index is 14.3. The summed E-state index contributed by atoms with van der Waals surface area (Å²) >= 11 is 0. The Morgan fingerprint density at radius 1 is 0.800 bits per heavy atom. The van der Waals surface area contributed by atoms with Gasteiger partial charge in [0.2, 0.25) is 0 Å². The van der Waals surface area contributed by atoms with Crippen LogP contribution >= 0.6 is 0 Å². The van der Waals surface area contributed by atoms with Gasteiger partial charge >= 0.3 is 0 Å². The van der Waals surface area contributed by atoms with Crippen LogP contribution in [0.2, 0.25) is 0 Å². The van der Waals surface area contributed by atoms with Gasteiger partial charge in [0.25, 0.3) is 0 Å². The zero-order valence-corrected chi connectivity index (χ0v) is 21.4. The first-order valence-electron chi connectivity index (χ1n) is 12.2. The van der Waals surface area contributed by atoms with Crippen LogP contribution in [0.4, 0.5) is 8.78 Å². The minimum atomic E-state index is -1.44. The van der Waals surface area contributed by atoms with Gasteiger partial charge in [-0.3, -0.25) is 0 Å². The highest BCUT2D eigenvalue weighted by Gasteiger charge is 2.60. The number of hydrogen-bond acceptors (Lipinski definition) is 2. The lowest BCUT2D eigenvalue weighted by atomic mass is 9.56. The Labute approximate surface area is 216 Å². The summed E-state index contributed by atoms with van der Waals surface area (Å²) < 4.78 is 35.4. The summed E-state index contributed by atoms with van der Waals surface area (Å²) in [6, 6.07) is 22.3. The molecule has 3 fully saturated rings. The van der Waals surface area contributed by atoms with Crippen molar-refractivity contribution in [3.63, 3.8) is 0 Å². The molecule has 0 radical (unpaired) electrons. The molecule has 186 valence electrons. The number of ether oxygens (including phenoxy) is 1. The summed E-state index contributed by atoms with van der Waals surface area (Å²) in [5, 5.41) is 12.4. The molecule has 3 aromatic carbocycles. The van der Waals surface area contributed by atoms with E-state index in [1.54, 1.807) is 24.3 Å². The van der Waals surface area contributed by atoms with Gasteiger partial charge in [0, 0.05) is 31.1 Å². The largest absolute Gasteiger partial charge is 1.00 e. The third kappa shape index (κ3) is 4.89. The fourth-order valence-electron chi connectivity index (χ4n) is 6.25. The Kier molecular flexibility index (Phi) is 7.65. The SMILES string of the molecule is OC(c1cccc(F)c1)(c1cccc(F)c1)C12CC[N+](CCCOc3ccccc3)(CC1)CC2.[Br-]. The molecule has 0 spiro atoms. The minimum absolute atomic E-state index is 0. The molecular formula is C29H32BrF2NO2. The van der Waals surface area contributed by atoms with Crippen molar-refractivity contribution in [3.8, 4) is 5.75 Å². The molecule has 3 nitrogen and oxygen atoms in total. The van der Waals surface area contributed by atoms with E-state index < -0.39 is 11.0 Å². The van der Waals surface area contributed by atoms with Crippen molar-refractivity contribution >= 4 is 0 Å². The quantitative estimate of drug-likeness (QED) is 0.349. The van der Waals surface area contributed by atoms with Crippen molar-refractivity contribution in [1.82, 2.24) is 0 Å². The van der Waals surface area contributed by atoms with Crippen LogP contribution in [0.5, 0.6) is 5.75 Å². The number of benzene rings is 3. The smallest absolute Gasteiger partial charge is 0.123 e. The second kappa shape index (κ2) is 10.4. The predicted octanol–water partition coefficient (Wildman–Crippen LogP) is 2.67. The molecule has 3 aliphatic heterocycles. The predicted molar refractivity (Wildman–Crippen MR) is 128 cm³/mol. The third-order valence-electron chi connectivity index (χ3n) is 8.24. The standard InChI is InChI=1S/C29H32F2NO2.BrH/c30-25-9-4-7-23(21-25)29(33,24-8-5-10-26(31)22-24)28-13-17-32(18-14-28,19-15-28)16-6-20-34-27-11-2-1-3-12-27;/h1-5,7-12,21-22,33H,6,13-20H2;1H/q+1;/p-1. The Morgan fingerprint density at radius 2 is 1.34 bits per heavy atom. The summed E-state index contributed by atoms with van der Waals surface area (Å²) in [6.45, 7) is 4.60. The van der Waals surface area contributed by atoms with E-state index in [2.05, 4.69) is 0 Å². The van der Waals surface area contributed by atoms with E-state index in [-0.39, 0.29) is 28.6 Å². The van der Waals surface area contributed by atoms with Gasteiger partial charge in [0.1, 0.15) is 23.0 Å². The van der Waals surface area contributed by atoms with Crippen LogP contribution in [0.1, 0.15) is 36.8 Å². The molecule has 0 unspecified atom stereocenters. The summed E-state index contributed by atoms with van der Waals surface area (Å²) in [6.07, 6.45) is 3.42. The Balaban J connectivity index is 0.00000289. The molecule has 0 amide bonds. The Bertz CT molecular complexity index is 1070. The van der Waals surface area contributed by atoms with Crippen LogP contribution in [0, 0.1) is 17.0 Å². The monoisotopic (exact) mass is 543 g/mol. The van der Waals surface area contributed by atoms with Crippen LogP contribution in [-0.2, 0) is 5.60 Å². The van der Waals surface area contributed by atoms with Crippen LogP contribution < -0.4 is 21.7 Å². The Hall–Kier alpha value is -2.28. The van der Waals surface area contributed by atoms with Gasteiger partial charge in [-0.05, 0) is 47.5 Å². The lowest BCUT2D eigenvalue weighted by molar-refractivity contribution is -0.946. The first-order valence-corrected chi connectivity index (χ1v) is 12.2. The maximum Gasteiger partial charge on any atom is 0.123 e. The van der Waals surface area contributed by atoms with Gasteiger partial charge < -0.3 is 31.3 Å². The van der Waals surface area contributed by atoms with Gasteiger partial charge in [-0.15, -0.1) is 0 Å². The highest BCUT2D eigenvalue weighted by molar-refractivity contribution is 5.40. The average molecular weight is 544 g/mol. The number of halogens is 3. The Morgan fingerprint density at radius 3 is 1.86 bits per heavy atom. The summed E-state index contributed by atoms with van der Waals surface area (Å²) in [7, 11) is 0. The van der Waals surface area contributed by atoms with Crippen molar-refractivity contribution in [1.29, 1.82) is 0 Å². The second-order valence-corrected chi connectivity index (χ2v) is 10.0. The normalized spacial score (nSPS) is 23.5. The van der Waals surface area contributed by atoms with Crippen LogP contribution in [0.15, 0.2) is 78.9 Å². The highest BCUT2D eigenvalue weighted by atomic mass is 79.9. The molecule has 0 saturated carbocycles. The zero-order valence-electron chi connectivity index (χ0n) is 19.8. The average Bonchev–Trinajstić information content (AvgIpc) is 2.88. The summed E-state index contributed by atoms with van der Waals surface area (Å²) in [4.78, 5) is 0. The number of hydrogen-bond donors (Lipinski definition) is 1. The van der Waals surface area contributed by atoms with Crippen molar-refractivity contribution in [2.45, 2.75) is 31.3 Å². The van der Waals surface area contributed by atoms with Gasteiger partial charge in [-0.1, -0.05) is 42.5 Å². The first-order chi connectivity index (χ1) is 16.4. The molecule has 1 N–H and O–H groups in total. The molecule has 0 aromatic heterocycles. The fourth-order valence-corrected chi connectivity index (χ4v) is 6.25. The van der Waals surface area contributed by atoms with E-state index in [0.29, 0.717) is 17.7 Å². The van der Waals surface area contributed by atoms with Gasteiger partial charge in [0.15, 0.2) is 0 Å². The number of piperidine rings is 3. The van der Waals surface area contributed by atoms with Crippen LogP contribution in [0.25, 0.3) is 0 Å². The molecular weight excluding hydrogens is 512 g/mol. The van der Waals surface area contributed by atoms with E-state index in [9.17, 15) is 13.9 Å². The zero-order chi connectivity index (χ0) is 23.7. The van der Waals surface area contributed by atoms with Crippen LogP contribution in [0.3, 0.4) is 0 Å². The molecule has 3 saturated heterocycles. The topological polar surface area (TPSA) is 29.5 Å². The third-order valence-corrected chi connectivity index (χ3v) is 8.24. The highest BCUT2D eigenvalue weighted by Crippen LogP contribution is 2.57. The number of rotatable bonds is 8. The number of quaternary nitrogens is 1. The lowest BCUT2D eigenvalue weighted by Crippen LogP contribution is -3.00. The number of para-hydroxylation sites is 1. The van der Waals surface area contributed by atoms with E-state index >= 15 is 0 Å². The second-order valence-electron chi connectivity index (χ2n) is 10.0. The van der Waals surface area contributed by atoms with E-state index in [1.807, 2.05) is 30.3 Å². The van der Waals surface area contributed by atoms with E-state index in [4.69, 9.17) is 4.74 Å². The van der Waals surface area contributed by atoms with Gasteiger partial charge in [-0.2, -0.15) is 0 Å². The maximum atomic E-state index is 14.3. The van der Waals surface area contributed by atoms with Crippen molar-refractivity contribution in [3.05, 3.63) is 102 Å². The first kappa shape index (κ1) is 25.8. The molecule has 3 aliphatic rings. The number of nitrogens with zero attached hydrogens (tertiary/aromatic N) is 1. The summed E-state index contributed by atoms with van der Waals surface area (Å²) in [5.41, 5.74) is -0.869. The van der Waals surface area contributed by atoms with Crippen molar-refractivity contribution in [2.75, 3.05) is 32.8 Å². The molecule has 6 heteroatoms. The molecule has 2 bridgehead atoms. The molecule has 3 heterocycles. The van der Waals surface area contributed by atoms with Crippen molar-refractivity contribution < 1.29 is 40.1 Å². The molecule has 0 aliphatic carbocycles. The van der Waals surface area contributed by atoms with Gasteiger partial charge in [-0.25, -0.2) is 8.78 Å². The van der Waals surface area contributed by atoms with Crippen molar-refractivity contribution in [2.24, 2.45) is 5.41 Å². The molecule has 3 aromatic rings. The molecule has 35 heavy (non-hydrogen) atoms. The number of aliphatic hydroxyl groups is 1. The van der Waals surface area contributed by atoms with Crippen LogP contribution in [-0.4, -0.2) is 42.4 Å². The molecule has 0 atom stereocenters. The fraction of sp³-hybridized carbons (Fsp3) is 0.379. The van der Waals surface area contributed by atoms with E-state index in [1.165, 1.54) is 24.3 Å². The van der Waals surface area contributed by atoms with Gasteiger partial charge in [0.05, 0.1) is 32.8 Å². The van der Waals surface area contributed by atoms with E-state index in [0.717, 1.165) is 62.1 Å². The molecule has 6 rings (SSSR count).